The summed E-state index contributed by atoms with van der Waals surface area (Å²) in [6.07, 6.45) is 1.75. The van der Waals surface area contributed by atoms with E-state index in [9.17, 15) is 4.39 Å². The number of halogens is 1. The average molecular weight is 289 g/mol. The van der Waals surface area contributed by atoms with Gasteiger partial charge >= 0.3 is 0 Å². The van der Waals surface area contributed by atoms with E-state index < -0.39 is 0 Å². The van der Waals surface area contributed by atoms with Crippen LogP contribution in [0.25, 0.3) is 0 Å². The van der Waals surface area contributed by atoms with Crippen LogP contribution in [0.15, 0.2) is 24.5 Å². The predicted molar refractivity (Wildman–Crippen MR) is 79.4 cm³/mol. The number of hydrogen-bond acceptors (Lipinski definition) is 4. The molecule has 1 aromatic carbocycles. The summed E-state index contributed by atoms with van der Waals surface area (Å²) in [4.78, 5) is 2.17. The molecular weight excluding hydrogens is 269 g/mol. The zero-order chi connectivity index (χ0) is 14.8. The van der Waals surface area contributed by atoms with Gasteiger partial charge in [-0.3, -0.25) is 0 Å². The Labute approximate surface area is 123 Å². The Morgan fingerprint density at radius 2 is 2.19 bits per heavy atom. The Hall–Kier alpha value is -1.95. The minimum atomic E-state index is -0.160. The van der Waals surface area contributed by atoms with E-state index >= 15 is 0 Å². The van der Waals surface area contributed by atoms with E-state index in [-0.39, 0.29) is 5.82 Å². The van der Waals surface area contributed by atoms with Crippen molar-refractivity contribution < 1.29 is 4.39 Å². The Morgan fingerprint density at radius 1 is 1.33 bits per heavy atom. The lowest BCUT2D eigenvalue weighted by Gasteiger charge is -2.31. The van der Waals surface area contributed by atoms with Crippen molar-refractivity contribution in [2.24, 2.45) is 0 Å². The number of nitrogens with zero attached hydrogens (tertiary/aromatic N) is 4. The molecule has 5 nitrogen and oxygen atoms in total. The van der Waals surface area contributed by atoms with Gasteiger partial charge in [0.2, 0.25) is 0 Å². The standard InChI is InChI=1S/C15H20FN5/c1-11(2)17-8-12-13(16)4-3-5-14(12)20-6-7-21-10-18-19-15(21)9-20/h3-5,10-11,17H,6-9H2,1-2H3. The molecule has 6 heteroatoms. The van der Waals surface area contributed by atoms with Gasteiger partial charge in [0.1, 0.15) is 12.1 Å². The quantitative estimate of drug-likeness (QED) is 0.934. The molecule has 0 unspecified atom stereocenters. The molecule has 0 radical (unpaired) electrons. The van der Waals surface area contributed by atoms with Crippen molar-refractivity contribution in [1.82, 2.24) is 20.1 Å². The van der Waals surface area contributed by atoms with Crippen LogP contribution in [0.3, 0.4) is 0 Å². The maximum Gasteiger partial charge on any atom is 0.152 e. The van der Waals surface area contributed by atoms with Crippen molar-refractivity contribution >= 4 is 5.69 Å². The zero-order valence-electron chi connectivity index (χ0n) is 12.4. The van der Waals surface area contributed by atoms with Crippen molar-refractivity contribution in [2.75, 3.05) is 11.4 Å². The van der Waals surface area contributed by atoms with E-state index in [4.69, 9.17) is 0 Å². The summed E-state index contributed by atoms with van der Waals surface area (Å²) in [5.41, 5.74) is 1.66. The lowest BCUT2D eigenvalue weighted by molar-refractivity contribution is 0.536. The highest BCUT2D eigenvalue weighted by Crippen LogP contribution is 2.26. The summed E-state index contributed by atoms with van der Waals surface area (Å²) in [5, 5.41) is 11.3. The number of aromatic nitrogens is 3. The van der Waals surface area contributed by atoms with Crippen LogP contribution >= 0.6 is 0 Å². The first-order valence-corrected chi connectivity index (χ1v) is 7.27. The number of anilines is 1. The molecule has 0 aliphatic carbocycles. The molecule has 0 saturated carbocycles. The molecule has 2 heterocycles. The fourth-order valence-electron chi connectivity index (χ4n) is 2.60. The molecule has 0 amide bonds. The maximum atomic E-state index is 14.2. The van der Waals surface area contributed by atoms with E-state index in [1.807, 2.05) is 10.6 Å². The second-order valence-electron chi connectivity index (χ2n) is 5.64. The molecule has 1 N–H and O–H groups in total. The highest BCUT2D eigenvalue weighted by atomic mass is 19.1. The number of rotatable bonds is 4. The molecule has 0 fully saturated rings. The molecule has 2 aromatic rings. The highest BCUT2D eigenvalue weighted by Gasteiger charge is 2.21. The van der Waals surface area contributed by atoms with E-state index in [2.05, 4.69) is 34.3 Å². The second kappa shape index (κ2) is 5.81. The van der Waals surface area contributed by atoms with Gasteiger partial charge in [-0.25, -0.2) is 4.39 Å². The Balaban J connectivity index is 1.86. The molecule has 112 valence electrons. The SMILES string of the molecule is CC(C)NCc1c(F)cccc1N1CCn2cnnc2C1. The third-order valence-electron chi connectivity index (χ3n) is 3.76. The summed E-state index contributed by atoms with van der Waals surface area (Å²) in [6, 6.07) is 5.59. The number of benzene rings is 1. The van der Waals surface area contributed by atoms with Crippen LogP contribution in [-0.4, -0.2) is 27.4 Å². The van der Waals surface area contributed by atoms with Crippen molar-refractivity contribution in [2.45, 2.75) is 39.5 Å². The van der Waals surface area contributed by atoms with Gasteiger partial charge in [-0.1, -0.05) is 19.9 Å². The first-order valence-electron chi connectivity index (χ1n) is 7.27. The molecule has 0 saturated heterocycles. The fourth-order valence-corrected chi connectivity index (χ4v) is 2.60. The van der Waals surface area contributed by atoms with Gasteiger partial charge < -0.3 is 14.8 Å². The van der Waals surface area contributed by atoms with E-state index in [1.165, 1.54) is 6.07 Å². The lowest BCUT2D eigenvalue weighted by atomic mass is 10.1. The number of fused-ring (bicyclic) bond motifs is 1. The molecule has 21 heavy (non-hydrogen) atoms. The summed E-state index contributed by atoms with van der Waals surface area (Å²) in [6.45, 7) is 6.98. The van der Waals surface area contributed by atoms with Crippen molar-refractivity contribution in [3.05, 3.63) is 41.7 Å². The molecule has 0 atom stereocenters. The van der Waals surface area contributed by atoms with Gasteiger partial charge in [0, 0.05) is 36.9 Å². The number of hydrogen-bond donors (Lipinski definition) is 1. The smallest absolute Gasteiger partial charge is 0.152 e. The van der Waals surface area contributed by atoms with Gasteiger partial charge in [0.15, 0.2) is 5.82 Å². The monoisotopic (exact) mass is 289 g/mol. The summed E-state index contributed by atoms with van der Waals surface area (Å²) in [7, 11) is 0. The first kappa shape index (κ1) is 14.0. The number of nitrogens with one attached hydrogen (secondary N) is 1. The van der Waals surface area contributed by atoms with Crippen LogP contribution < -0.4 is 10.2 Å². The predicted octanol–water partition coefficient (Wildman–Crippen LogP) is 1.94. The molecule has 1 aliphatic heterocycles. The van der Waals surface area contributed by atoms with Crippen molar-refractivity contribution in [1.29, 1.82) is 0 Å². The van der Waals surface area contributed by atoms with Crippen LogP contribution in [0.4, 0.5) is 10.1 Å². The topological polar surface area (TPSA) is 46.0 Å². The highest BCUT2D eigenvalue weighted by molar-refractivity contribution is 5.54. The van der Waals surface area contributed by atoms with Crippen LogP contribution in [-0.2, 0) is 19.6 Å². The van der Waals surface area contributed by atoms with Gasteiger partial charge in [-0.05, 0) is 12.1 Å². The van der Waals surface area contributed by atoms with E-state index in [0.717, 1.165) is 30.2 Å². The van der Waals surface area contributed by atoms with Crippen LogP contribution in [0.2, 0.25) is 0 Å². The largest absolute Gasteiger partial charge is 0.362 e. The normalized spacial score (nSPS) is 14.6. The summed E-state index contributed by atoms with van der Waals surface area (Å²) >= 11 is 0. The average Bonchev–Trinajstić information content (AvgIpc) is 2.92. The van der Waals surface area contributed by atoms with Crippen LogP contribution in [0.1, 0.15) is 25.2 Å². The van der Waals surface area contributed by atoms with Crippen molar-refractivity contribution in [3.63, 3.8) is 0 Å². The molecule has 0 bridgehead atoms. The summed E-state index contributed by atoms with van der Waals surface area (Å²) < 4.78 is 16.2. The molecule has 3 rings (SSSR count). The lowest BCUT2D eigenvalue weighted by Crippen LogP contribution is -2.35. The fraction of sp³-hybridized carbons (Fsp3) is 0.467. The molecule has 0 spiro atoms. The second-order valence-corrected chi connectivity index (χ2v) is 5.64. The maximum absolute atomic E-state index is 14.2. The minimum Gasteiger partial charge on any atom is -0.362 e. The van der Waals surface area contributed by atoms with Gasteiger partial charge in [-0.15, -0.1) is 10.2 Å². The van der Waals surface area contributed by atoms with Crippen LogP contribution in [0, 0.1) is 5.82 Å². The first-order chi connectivity index (χ1) is 10.1. The van der Waals surface area contributed by atoms with Gasteiger partial charge in [0.25, 0.3) is 0 Å². The Morgan fingerprint density at radius 3 is 3.00 bits per heavy atom. The minimum absolute atomic E-state index is 0.160. The molecule has 1 aromatic heterocycles. The molecular formula is C15H20FN5. The van der Waals surface area contributed by atoms with E-state index in [1.54, 1.807) is 12.4 Å². The van der Waals surface area contributed by atoms with Crippen molar-refractivity contribution in [3.8, 4) is 0 Å². The van der Waals surface area contributed by atoms with Gasteiger partial charge in [0.05, 0.1) is 6.54 Å². The molecule has 1 aliphatic rings. The third kappa shape index (κ3) is 2.90. The zero-order valence-corrected chi connectivity index (χ0v) is 12.4. The van der Waals surface area contributed by atoms with Gasteiger partial charge in [-0.2, -0.15) is 0 Å². The Kier molecular flexibility index (Phi) is 3.88. The summed E-state index contributed by atoms with van der Waals surface area (Å²) in [5.74, 6) is 0.765. The third-order valence-corrected chi connectivity index (χ3v) is 3.76. The van der Waals surface area contributed by atoms with E-state index in [0.29, 0.717) is 19.1 Å². The van der Waals surface area contributed by atoms with Crippen LogP contribution in [0.5, 0.6) is 0 Å². The Bertz CT molecular complexity index is 622.